The van der Waals surface area contributed by atoms with Gasteiger partial charge < -0.3 is 10.6 Å². The molecule has 9 nitrogen and oxygen atoms in total. The molecule has 2 N–H and O–H groups in total. The molecule has 0 radical (unpaired) electrons. The number of hydrogen-bond acceptors (Lipinski definition) is 7. The molecule has 5 rings (SSSR count). The monoisotopic (exact) mass is 430 g/mol. The van der Waals surface area contributed by atoms with Gasteiger partial charge in [-0.15, -0.1) is 0 Å². The van der Waals surface area contributed by atoms with E-state index in [-0.39, 0.29) is 28.0 Å². The van der Waals surface area contributed by atoms with Gasteiger partial charge in [0.1, 0.15) is 11.0 Å². The highest BCUT2D eigenvalue weighted by molar-refractivity contribution is 7.90. The summed E-state index contributed by atoms with van der Waals surface area (Å²) in [6.45, 7) is 0. The van der Waals surface area contributed by atoms with Crippen LogP contribution in [0.5, 0.6) is 0 Å². The van der Waals surface area contributed by atoms with Crippen LogP contribution in [0.4, 0.5) is 17.3 Å². The molecule has 0 saturated heterocycles. The third-order valence-electron chi connectivity index (χ3n) is 4.93. The van der Waals surface area contributed by atoms with Crippen LogP contribution in [0.15, 0.2) is 65.8 Å². The van der Waals surface area contributed by atoms with Crippen LogP contribution in [-0.4, -0.2) is 28.3 Å². The third-order valence-corrected chi connectivity index (χ3v) is 6.65. The first-order valence-corrected chi connectivity index (χ1v) is 10.7. The number of aromatic nitrogens is 3. The second-order valence-electron chi connectivity index (χ2n) is 6.92. The Morgan fingerprint density at radius 3 is 2.84 bits per heavy atom. The summed E-state index contributed by atoms with van der Waals surface area (Å²) in [5, 5.41) is 15.7. The predicted octanol–water partition coefficient (Wildman–Crippen LogP) is 2.78. The van der Waals surface area contributed by atoms with Gasteiger partial charge in [-0.1, -0.05) is 12.1 Å². The standard InChI is InChI=1S/C21H14N6O3S/c22-11-13-3-1-2-4-18(13)31(29,30)27-8-7-14-12-23-21(26-20(14)27)24-16-5-6-17-15(9-16)10-19(28)25-17/h1-9,12H,10H2,(H,25,28)(H,23,24,26). The molecule has 0 atom stereocenters. The maximum atomic E-state index is 13.2. The Bertz CT molecular complexity index is 1520. The molecule has 0 unspecified atom stereocenters. The van der Waals surface area contributed by atoms with E-state index in [1.165, 1.54) is 24.5 Å². The molecule has 2 aromatic heterocycles. The molecule has 4 aromatic rings. The first-order valence-electron chi connectivity index (χ1n) is 9.24. The molecule has 0 bridgehead atoms. The van der Waals surface area contributed by atoms with Crippen molar-refractivity contribution in [1.29, 1.82) is 5.26 Å². The average molecular weight is 430 g/mol. The normalized spacial score (nSPS) is 12.9. The second kappa shape index (κ2) is 6.93. The van der Waals surface area contributed by atoms with Crippen LogP contribution < -0.4 is 10.6 Å². The number of amides is 1. The summed E-state index contributed by atoms with van der Waals surface area (Å²) >= 11 is 0. The third kappa shape index (κ3) is 3.17. The zero-order valence-corrected chi connectivity index (χ0v) is 16.7. The lowest BCUT2D eigenvalue weighted by Gasteiger charge is -2.10. The molecular formula is C21H14N6O3S. The molecule has 3 heterocycles. The number of fused-ring (bicyclic) bond motifs is 2. The highest BCUT2D eigenvalue weighted by Gasteiger charge is 2.23. The van der Waals surface area contributed by atoms with E-state index in [1.54, 1.807) is 30.3 Å². The van der Waals surface area contributed by atoms with Gasteiger partial charge in [-0.3, -0.25) is 4.79 Å². The molecule has 0 aliphatic carbocycles. The zero-order chi connectivity index (χ0) is 21.6. The van der Waals surface area contributed by atoms with Crippen molar-refractivity contribution in [2.45, 2.75) is 11.3 Å². The van der Waals surface area contributed by atoms with Gasteiger partial charge in [0.05, 0.1) is 12.0 Å². The summed E-state index contributed by atoms with van der Waals surface area (Å²) < 4.78 is 27.5. The zero-order valence-electron chi connectivity index (χ0n) is 15.9. The fourth-order valence-electron chi connectivity index (χ4n) is 3.48. The maximum Gasteiger partial charge on any atom is 0.270 e. The van der Waals surface area contributed by atoms with Crippen molar-refractivity contribution in [2.24, 2.45) is 0 Å². The molecule has 31 heavy (non-hydrogen) atoms. The minimum Gasteiger partial charge on any atom is -0.326 e. The van der Waals surface area contributed by atoms with E-state index in [2.05, 4.69) is 20.6 Å². The number of nitrogens with one attached hydrogen (secondary N) is 2. The Hall–Kier alpha value is -4.23. The van der Waals surface area contributed by atoms with E-state index in [1.807, 2.05) is 12.1 Å². The van der Waals surface area contributed by atoms with E-state index in [0.29, 0.717) is 17.5 Å². The first-order chi connectivity index (χ1) is 15.0. The second-order valence-corrected chi connectivity index (χ2v) is 8.70. The van der Waals surface area contributed by atoms with E-state index < -0.39 is 10.0 Å². The van der Waals surface area contributed by atoms with E-state index >= 15 is 0 Å². The lowest BCUT2D eigenvalue weighted by Crippen LogP contribution is -2.14. The van der Waals surface area contributed by atoms with Crippen LogP contribution in [0.25, 0.3) is 11.0 Å². The van der Waals surface area contributed by atoms with Gasteiger partial charge in [0.15, 0.2) is 5.65 Å². The van der Waals surface area contributed by atoms with Gasteiger partial charge in [-0.2, -0.15) is 10.2 Å². The predicted molar refractivity (Wildman–Crippen MR) is 113 cm³/mol. The highest BCUT2D eigenvalue weighted by atomic mass is 32.2. The molecule has 1 aliphatic heterocycles. The van der Waals surface area contributed by atoms with E-state index in [0.717, 1.165) is 15.2 Å². The Balaban J connectivity index is 1.54. The largest absolute Gasteiger partial charge is 0.326 e. The van der Waals surface area contributed by atoms with Gasteiger partial charge in [0, 0.05) is 29.2 Å². The Kier molecular flexibility index (Phi) is 4.20. The molecule has 1 amide bonds. The topological polar surface area (TPSA) is 130 Å². The summed E-state index contributed by atoms with van der Waals surface area (Å²) in [5.74, 6) is 0.138. The average Bonchev–Trinajstić information content (AvgIpc) is 3.36. The molecule has 0 saturated carbocycles. The lowest BCUT2D eigenvalue weighted by atomic mass is 10.1. The van der Waals surface area contributed by atoms with Gasteiger partial charge in [0.2, 0.25) is 11.9 Å². The number of benzene rings is 2. The van der Waals surface area contributed by atoms with Crippen molar-refractivity contribution in [3.05, 3.63) is 72.1 Å². The summed E-state index contributed by atoms with van der Waals surface area (Å²) in [6, 6.07) is 14.9. The number of rotatable bonds is 4. The van der Waals surface area contributed by atoms with Crippen LogP contribution in [-0.2, 0) is 21.2 Å². The molecular weight excluding hydrogens is 416 g/mol. The molecule has 2 aromatic carbocycles. The smallest absolute Gasteiger partial charge is 0.270 e. The summed E-state index contributed by atoms with van der Waals surface area (Å²) in [5.41, 5.74) is 2.53. The number of anilines is 3. The van der Waals surface area contributed by atoms with Crippen LogP contribution in [0.2, 0.25) is 0 Å². The molecule has 152 valence electrons. The fourth-order valence-corrected chi connectivity index (χ4v) is 4.92. The van der Waals surface area contributed by atoms with Crippen LogP contribution in [0, 0.1) is 11.3 Å². The van der Waals surface area contributed by atoms with Crippen molar-refractivity contribution < 1.29 is 13.2 Å². The van der Waals surface area contributed by atoms with Gasteiger partial charge in [-0.05, 0) is 42.0 Å². The SMILES string of the molecule is N#Cc1ccccc1S(=O)(=O)n1ccc2cnc(Nc3ccc4c(c3)CC(=O)N4)nc21. The minimum absolute atomic E-state index is 0.0538. The van der Waals surface area contributed by atoms with Crippen molar-refractivity contribution in [2.75, 3.05) is 10.6 Å². The minimum atomic E-state index is -4.04. The van der Waals surface area contributed by atoms with Gasteiger partial charge >= 0.3 is 0 Å². The Morgan fingerprint density at radius 1 is 1.16 bits per heavy atom. The fraction of sp³-hybridized carbons (Fsp3) is 0.0476. The summed E-state index contributed by atoms with van der Waals surface area (Å²) in [7, 11) is -4.04. The van der Waals surface area contributed by atoms with Crippen molar-refractivity contribution >= 4 is 44.3 Å². The van der Waals surface area contributed by atoms with Gasteiger partial charge in [-0.25, -0.2) is 17.4 Å². The summed E-state index contributed by atoms with van der Waals surface area (Å²) in [4.78, 5) is 20.1. The van der Waals surface area contributed by atoms with Crippen LogP contribution >= 0.6 is 0 Å². The van der Waals surface area contributed by atoms with Crippen LogP contribution in [0.1, 0.15) is 11.1 Å². The molecule has 1 aliphatic rings. The van der Waals surface area contributed by atoms with Crippen LogP contribution in [0.3, 0.4) is 0 Å². The number of carbonyl (C=O) groups excluding carboxylic acids is 1. The number of hydrogen-bond donors (Lipinski definition) is 2. The quantitative estimate of drug-likeness (QED) is 0.509. The van der Waals surface area contributed by atoms with Gasteiger partial charge in [0.25, 0.3) is 10.0 Å². The number of nitriles is 1. The maximum absolute atomic E-state index is 13.2. The van der Waals surface area contributed by atoms with Crippen molar-refractivity contribution in [3.63, 3.8) is 0 Å². The highest BCUT2D eigenvalue weighted by Crippen LogP contribution is 2.28. The molecule has 10 heteroatoms. The molecule has 0 spiro atoms. The number of carbonyl (C=O) groups is 1. The summed E-state index contributed by atoms with van der Waals surface area (Å²) in [6.07, 6.45) is 3.20. The Labute approximate surface area is 177 Å². The van der Waals surface area contributed by atoms with E-state index in [9.17, 15) is 18.5 Å². The van der Waals surface area contributed by atoms with Crippen molar-refractivity contribution in [3.8, 4) is 6.07 Å². The van der Waals surface area contributed by atoms with Crippen molar-refractivity contribution in [1.82, 2.24) is 13.9 Å². The van der Waals surface area contributed by atoms with E-state index in [4.69, 9.17) is 0 Å². The molecule has 0 fully saturated rings. The first kappa shape index (κ1) is 18.8. The Morgan fingerprint density at radius 2 is 2.00 bits per heavy atom. The lowest BCUT2D eigenvalue weighted by molar-refractivity contribution is -0.115. The number of nitrogens with zero attached hydrogens (tertiary/aromatic N) is 4.